The third-order valence-corrected chi connectivity index (χ3v) is 5.87. The summed E-state index contributed by atoms with van der Waals surface area (Å²) in [4.78, 5) is 49.1. The molecule has 0 saturated carbocycles. The number of hydrogen-bond acceptors (Lipinski definition) is 6. The first-order valence-corrected chi connectivity index (χ1v) is 10.9. The number of furan rings is 1. The van der Waals surface area contributed by atoms with E-state index in [1.54, 1.807) is 36.4 Å². The smallest absolute Gasteiger partial charge is 0.294 e. The van der Waals surface area contributed by atoms with Crippen LogP contribution in [0.1, 0.15) is 23.0 Å². The molecule has 0 spiro atoms. The Hall–Kier alpha value is -4.12. The maximum Gasteiger partial charge on any atom is 0.294 e. The molecule has 3 amide bonds. The van der Waals surface area contributed by atoms with E-state index in [2.05, 4.69) is 0 Å². The molecule has 0 atom stereocenters. The number of halogens is 3. The summed E-state index contributed by atoms with van der Waals surface area (Å²) < 4.78 is 45.8. The molecule has 0 unspecified atom stereocenters. The molecule has 1 N–H and O–H groups in total. The number of ketones is 1. The fourth-order valence-corrected chi connectivity index (χ4v) is 3.99. The molecule has 4 rings (SSSR count). The van der Waals surface area contributed by atoms with E-state index in [9.17, 15) is 32.3 Å². The van der Waals surface area contributed by atoms with Crippen molar-refractivity contribution in [3.05, 3.63) is 82.2 Å². The van der Waals surface area contributed by atoms with Gasteiger partial charge in [0.25, 0.3) is 11.1 Å². The van der Waals surface area contributed by atoms with Crippen LogP contribution in [0, 0.1) is 17.5 Å². The van der Waals surface area contributed by atoms with Crippen molar-refractivity contribution in [1.82, 2.24) is 4.90 Å². The minimum Gasteiger partial charge on any atom is -0.457 e. The first-order valence-electron chi connectivity index (χ1n) is 10.0. The number of carbonyl (C=O) groups is 4. The molecule has 2 heterocycles. The Morgan fingerprint density at radius 2 is 1.71 bits per heavy atom. The van der Waals surface area contributed by atoms with Gasteiger partial charge in [-0.3, -0.25) is 24.1 Å². The Balaban J connectivity index is 1.45. The predicted molar refractivity (Wildman–Crippen MR) is 122 cm³/mol. The first kappa shape index (κ1) is 24.0. The molecular weight excluding hydrogens is 485 g/mol. The van der Waals surface area contributed by atoms with Gasteiger partial charge in [-0.1, -0.05) is 24.3 Å². The fraction of sp³-hybridized carbons (Fsp3) is 0.0833. The number of benzene rings is 2. The molecule has 11 heteroatoms. The van der Waals surface area contributed by atoms with Gasteiger partial charge in [-0.05, 0) is 43.0 Å². The molecule has 1 aliphatic heterocycles. The van der Waals surface area contributed by atoms with Crippen LogP contribution >= 0.6 is 11.8 Å². The second-order valence-electron chi connectivity index (χ2n) is 7.37. The lowest BCUT2D eigenvalue weighted by Crippen LogP contribution is -2.36. The molecular formula is C24H15F3N2O5S. The second kappa shape index (κ2) is 9.63. The third kappa shape index (κ3) is 5.04. The van der Waals surface area contributed by atoms with Gasteiger partial charge in [0.05, 0.1) is 10.6 Å². The van der Waals surface area contributed by atoms with E-state index in [4.69, 9.17) is 4.42 Å². The second-order valence-corrected chi connectivity index (χ2v) is 8.37. The molecule has 2 aromatic carbocycles. The number of hydrogen-bond donors (Lipinski definition) is 1. The first-order chi connectivity index (χ1) is 16.6. The highest BCUT2D eigenvalue weighted by Crippen LogP contribution is 2.33. The molecule has 0 aliphatic carbocycles. The van der Waals surface area contributed by atoms with Gasteiger partial charge < -0.3 is 9.73 Å². The number of thioether (sulfide) groups is 1. The van der Waals surface area contributed by atoms with Gasteiger partial charge in [-0.2, -0.15) is 0 Å². The number of imide groups is 1. The number of amides is 3. The summed E-state index contributed by atoms with van der Waals surface area (Å²) in [5, 5.41) is 1.27. The maximum absolute atomic E-state index is 13.8. The average Bonchev–Trinajstić information content (AvgIpc) is 3.40. The number of nitrogens with zero attached hydrogens (tertiary/aromatic N) is 1. The highest BCUT2D eigenvalue weighted by atomic mass is 32.2. The Labute approximate surface area is 200 Å². The molecule has 1 aromatic heterocycles. The van der Waals surface area contributed by atoms with Crippen molar-refractivity contribution in [2.75, 3.05) is 11.9 Å². The Bertz CT molecular complexity index is 1400. The van der Waals surface area contributed by atoms with Crippen LogP contribution in [-0.2, 0) is 9.59 Å². The van der Waals surface area contributed by atoms with Crippen molar-refractivity contribution in [1.29, 1.82) is 0 Å². The number of Topliss-reactive ketones (excluding diaryl/α,β-unsaturated/α-hetero) is 1. The molecule has 3 aromatic rings. The Kier molecular flexibility index (Phi) is 6.61. The van der Waals surface area contributed by atoms with Crippen LogP contribution in [0.15, 0.2) is 57.9 Å². The van der Waals surface area contributed by atoms with Crippen molar-refractivity contribution in [2.24, 2.45) is 0 Å². The fourth-order valence-electron chi connectivity index (χ4n) is 3.18. The normalized spacial score (nSPS) is 14.6. The summed E-state index contributed by atoms with van der Waals surface area (Å²) in [5.41, 5.74) is 0.616. The number of anilines is 1. The number of nitrogens with one attached hydrogen (secondary N) is 1. The highest BCUT2D eigenvalue weighted by Gasteiger charge is 2.36. The van der Waals surface area contributed by atoms with Crippen LogP contribution < -0.4 is 5.32 Å². The van der Waals surface area contributed by atoms with Gasteiger partial charge in [-0.25, -0.2) is 13.2 Å². The van der Waals surface area contributed by atoms with Crippen LogP contribution in [0.25, 0.3) is 17.4 Å². The van der Waals surface area contributed by atoms with Gasteiger partial charge in [0.15, 0.2) is 23.2 Å². The quantitative estimate of drug-likeness (QED) is 0.283. The molecule has 0 radical (unpaired) electrons. The van der Waals surface area contributed by atoms with Gasteiger partial charge in [-0.15, -0.1) is 0 Å². The molecule has 1 saturated heterocycles. The molecule has 35 heavy (non-hydrogen) atoms. The zero-order valence-corrected chi connectivity index (χ0v) is 18.8. The van der Waals surface area contributed by atoms with Crippen molar-refractivity contribution in [3.8, 4) is 11.3 Å². The summed E-state index contributed by atoms with van der Waals surface area (Å²) in [6, 6.07) is 11.4. The summed E-state index contributed by atoms with van der Waals surface area (Å²) in [6.45, 7) is 0.698. The Morgan fingerprint density at radius 3 is 2.40 bits per heavy atom. The van der Waals surface area contributed by atoms with Crippen molar-refractivity contribution >= 4 is 46.4 Å². The van der Waals surface area contributed by atoms with Gasteiger partial charge in [0.2, 0.25) is 5.91 Å². The van der Waals surface area contributed by atoms with Gasteiger partial charge >= 0.3 is 0 Å². The van der Waals surface area contributed by atoms with E-state index in [-0.39, 0.29) is 16.4 Å². The molecule has 7 nitrogen and oxygen atoms in total. The van der Waals surface area contributed by atoms with Crippen molar-refractivity contribution in [2.45, 2.75) is 6.92 Å². The minimum absolute atomic E-state index is 0.00497. The lowest BCUT2D eigenvalue weighted by Gasteiger charge is -2.13. The SMILES string of the molecule is CC(=O)c1ccc(-c2ccc(/C=C3/SC(=O)N(CC(=O)Nc4ccc(F)c(F)c4F)C3=O)o2)cc1. The summed E-state index contributed by atoms with van der Waals surface area (Å²) >= 11 is 0.580. The van der Waals surface area contributed by atoms with E-state index in [1.807, 2.05) is 5.32 Å². The third-order valence-electron chi connectivity index (χ3n) is 4.96. The molecule has 1 aliphatic rings. The zero-order valence-electron chi connectivity index (χ0n) is 17.9. The van der Waals surface area contributed by atoms with Crippen LogP contribution in [-0.4, -0.2) is 34.3 Å². The Morgan fingerprint density at radius 1 is 1.00 bits per heavy atom. The summed E-state index contributed by atoms with van der Waals surface area (Å²) in [5.74, 6) is -5.87. The van der Waals surface area contributed by atoms with Crippen molar-refractivity contribution in [3.63, 3.8) is 0 Å². The number of rotatable bonds is 6. The minimum atomic E-state index is -1.76. The van der Waals surface area contributed by atoms with Gasteiger partial charge in [0.1, 0.15) is 18.1 Å². The summed E-state index contributed by atoms with van der Waals surface area (Å²) in [7, 11) is 0. The van der Waals surface area contributed by atoms with Crippen LogP contribution in [0.2, 0.25) is 0 Å². The topological polar surface area (TPSA) is 96.7 Å². The van der Waals surface area contributed by atoms with E-state index < -0.39 is 46.7 Å². The number of carbonyl (C=O) groups excluding carboxylic acids is 4. The van der Waals surface area contributed by atoms with Gasteiger partial charge in [0, 0.05) is 17.2 Å². The van der Waals surface area contributed by atoms with E-state index in [0.717, 1.165) is 6.07 Å². The lowest BCUT2D eigenvalue weighted by atomic mass is 10.1. The molecule has 178 valence electrons. The van der Waals surface area contributed by atoms with Crippen LogP contribution in [0.5, 0.6) is 0 Å². The lowest BCUT2D eigenvalue weighted by molar-refractivity contribution is -0.127. The van der Waals surface area contributed by atoms with Crippen molar-refractivity contribution < 1.29 is 36.8 Å². The van der Waals surface area contributed by atoms with Crippen LogP contribution in [0.3, 0.4) is 0 Å². The summed E-state index contributed by atoms with van der Waals surface area (Å²) in [6.07, 6.45) is 1.34. The van der Waals surface area contributed by atoms with E-state index in [1.165, 1.54) is 13.0 Å². The maximum atomic E-state index is 13.8. The average molecular weight is 500 g/mol. The van der Waals surface area contributed by atoms with E-state index >= 15 is 0 Å². The predicted octanol–water partition coefficient (Wildman–Crippen LogP) is 5.24. The highest BCUT2D eigenvalue weighted by molar-refractivity contribution is 8.18. The molecule has 1 fully saturated rings. The largest absolute Gasteiger partial charge is 0.457 e. The molecule has 0 bridgehead atoms. The monoisotopic (exact) mass is 500 g/mol. The van der Waals surface area contributed by atoms with Crippen LogP contribution in [0.4, 0.5) is 23.7 Å². The standard InChI is InChI=1S/C24H15F3N2O5S/c1-12(30)13-2-4-14(5-3-13)18-9-6-15(34-18)10-19-23(32)29(24(33)35-19)11-20(31)28-17-8-7-16(25)21(26)22(17)27/h2-10H,11H2,1H3,(H,28,31)/b19-10+. The zero-order chi connectivity index (χ0) is 25.3. The van der Waals surface area contributed by atoms with E-state index in [0.29, 0.717) is 39.6 Å².